The molecule has 0 N–H and O–H groups in total. The zero-order valence-electron chi connectivity index (χ0n) is 29.1. The molecule has 0 aliphatic rings. The second-order valence-electron chi connectivity index (χ2n) is 13.5. The van der Waals surface area contributed by atoms with Crippen molar-refractivity contribution in [2.24, 2.45) is 0 Å². The maximum Gasteiger partial charge on any atom is 2.00 e. The van der Waals surface area contributed by atoms with Crippen molar-refractivity contribution < 1.29 is 25.2 Å². The SMILES string of the molecule is CC(C)c1cccc(C(C)C)c1-c1cnn(-c2[c-]c(Oc3[c-]c(-n4cc(-c5c(C(C)C)cccc5C(C)C)cn4)ccc3)ccc2)c1.[Pd+2]. The van der Waals surface area contributed by atoms with Gasteiger partial charge in [-0.05, 0) is 68.4 Å². The zero-order valence-corrected chi connectivity index (χ0v) is 30.6. The van der Waals surface area contributed by atoms with E-state index in [9.17, 15) is 0 Å². The molecule has 0 aliphatic heterocycles. The summed E-state index contributed by atoms with van der Waals surface area (Å²) in [4.78, 5) is 0. The molecule has 248 valence electrons. The van der Waals surface area contributed by atoms with Gasteiger partial charge >= 0.3 is 20.4 Å². The van der Waals surface area contributed by atoms with Crippen LogP contribution in [0.2, 0.25) is 0 Å². The van der Waals surface area contributed by atoms with Crippen molar-refractivity contribution in [1.29, 1.82) is 0 Å². The molecule has 0 atom stereocenters. The van der Waals surface area contributed by atoms with Gasteiger partial charge in [-0.1, -0.05) is 91.8 Å². The van der Waals surface area contributed by atoms with E-state index in [-0.39, 0.29) is 20.4 Å². The quantitative estimate of drug-likeness (QED) is 0.104. The van der Waals surface area contributed by atoms with E-state index >= 15 is 0 Å². The fourth-order valence-corrected chi connectivity index (χ4v) is 6.31. The van der Waals surface area contributed by atoms with Crippen molar-refractivity contribution in [1.82, 2.24) is 19.6 Å². The van der Waals surface area contributed by atoms with Crippen molar-refractivity contribution >= 4 is 0 Å². The van der Waals surface area contributed by atoms with Crippen molar-refractivity contribution in [3.05, 3.63) is 132 Å². The molecule has 2 aromatic heterocycles. The van der Waals surface area contributed by atoms with E-state index in [1.165, 1.54) is 33.4 Å². The molecule has 5 nitrogen and oxygen atoms in total. The van der Waals surface area contributed by atoms with E-state index in [2.05, 4.69) is 116 Å². The molecule has 0 spiro atoms. The van der Waals surface area contributed by atoms with Gasteiger partial charge in [-0.25, -0.2) is 0 Å². The van der Waals surface area contributed by atoms with Crippen LogP contribution in [0.15, 0.2) is 97.6 Å². The first-order valence-electron chi connectivity index (χ1n) is 16.7. The van der Waals surface area contributed by atoms with E-state index in [0.717, 1.165) is 22.5 Å². The van der Waals surface area contributed by atoms with Gasteiger partial charge in [0.15, 0.2) is 0 Å². The van der Waals surface area contributed by atoms with Crippen LogP contribution in [0.25, 0.3) is 33.6 Å². The summed E-state index contributed by atoms with van der Waals surface area (Å²) in [5.74, 6) is 2.81. The molecule has 4 aromatic carbocycles. The van der Waals surface area contributed by atoms with Crippen molar-refractivity contribution in [2.45, 2.75) is 79.1 Å². The minimum absolute atomic E-state index is 0. The standard InChI is InChI=1S/C42H44N4O.Pd/c1-27(2)37-17-11-18-38(28(3)4)41(37)31-23-43-45(25-31)33-13-9-15-35(21-33)47-36-16-10-14-34(22-36)46-26-32(24-44-46)42-39(29(5)6)19-12-20-40(42)30(7)8;/h9-20,23-30H,1-8H3;/q-2;+2. The minimum atomic E-state index is 0. The predicted octanol–water partition coefficient (Wildman–Crippen LogP) is 11.3. The zero-order chi connectivity index (χ0) is 33.2. The second kappa shape index (κ2) is 14.9. The predicted molar refractivity (Wildman–Crippen MR) is 192 cm³/mol. The van der Waals surface area contributed by atoms with Crippen LogP contribution in [-0.2, 0) is 20.4 Å². The van der Waals surface area contributed by atoms with Crippen LogP contribution in [-0.4, -0.2) is 19.6 Å². The van der Waals surface area contributed by atoms with Gasteiger partial charge in [0, 0.05) is 35.0 Å². The molecule has 0 unspecified atom stereocenters. The van der Waals surface area contributed by atoms with Crippen molar-refractivity contribution in [2.75, 3.05) is 0 Å². The van der Waals surface area contributed by atoms with Gasteiger partial charge in [-0.3, -0.25) is 9.36 Å². The maximum atomic E-state index is 6.29. The maximum absolute atomic E-state index is 6.29. The Kier molecular flexibility index (Phi) is 10.9. The third-order valence-electron chi connectivity index (χ3n) is 8.71. The Labute approximate surface area is 299 Å². The van der Waals surface area contributed by atoms with Gasteiger partial charge in [0.2, 0.25) is 0 Å². The first-order valence-corrected chi connectivity index (χ1v) is 16.7. The summed E-state index contributed by atoms with van der Waals surface area (Å²) in [5.41, 5.74) is 11.7. The molecule has 0 saturated carbocycles. The molecule has 6 rings (SSSR count). The summed E-state index contributed by atoms with van der Waals surface area (Å²) in [7, 11) is 0. The molecule has 48 heavy (non-hydrogen) atoms. The number of nitrogens with zero attached hydrogens (tertiary/aromatic N) is 4. The van der Waals surface area contributed by atoms with Gasteiger partial charge in [-0.2, -0.15) is 22.3 Å². The first kappa shape index (κ1) is 35.1. The normalized spacial score (nSPS) is 11.5. The van der Waals surface area contributed by atoms with Gasteiger partial charge in [0.1, 0.15) is 0 Å². The number of hydrogen-bond donors (Lipinski definition) is 0. The fraction of sp³-hybridized carbons (Fsp3) is 0.286. The number of benzene rings is 4. The Morgan fingerprint density at radius 3 is 1.17 bits per heavy atom. The molecule has 6 aromatic rings. The fourth-order valence-electron chi connectivity index (χ4n) is 6.31. The third kappa shape index (κ3) is 7.26. The number of hydrogen-bond acceptors (Lipinski definition) is 3. The molecule has 0 aliphatic carbocycles. The van der Waals surface area contributed by atoms with E-state index < -0.39 is 0 Å². The van der Waals surface area contributed by atoms with Crippen LogP contribution >= 0.6 is 0 Å². The Morgan fingerprint density at radius 1 is 0.500 bits per heavy atom. The second-order valence-corrected chi connectivity index (χ2v) is 13.5. The molecule has 0 saturated heterocycles. The Balaban J connectivity index is 0.00000451. The smallest absolute Gasteiger partial charge is 0.509 e. The Hall–Kier alpha value is -4.24. The van der Waals surface area contributed by atoms with E-state index in [1.807, 2.05) is 58.2 Å². The molecular weight excluding hydrogens is 683 g/mol. The topological polar surface area (TPSA) is 44.9 Å². The van der Waals surface area contributed by atoms with Crippen LogP contribution in [0.1, 0.15) is 101 Å². The van der Waals surface area contributed by atoms with Gasteiger partial charge in [0.05, 0.1) is 12.4 Å². The van der Waals surface area contributed by atoms with Crippen LogP contribution in [0.4, 0.5) is 0 Å². The summed E-state index contributed by atoms with van der Waals surface area (Å²) in [6.07, 6.45) is 8.08. The summed E-state index contributed by atoms with van der Waals surface area (Å²) >= 11 is 0. The van der Waals surface area contributed by atoms with Gasteiger partial charge in [-0.15, -0.1) is 36.4 Å². The van der Waals surface area contributed by atoms with Gasteiger partial charge < -0.3 is 4.74 Å². The van der Waals surface area contributed by atoms with Crippen LogP contribution in [0.3, 0.4) is 0 Å². The molecule has 0 radical (unpaired) electrons. The van der Waals surface area contributed by atoms with Gasteiger partial charge in [0.25, 0.3) is 0 Å². The third-order valence-corrected chi connectivity index (χ3v) is 8.71. The molecule has 0 fully saturated rings. The first-order chi connectivity index (χ1) is 22.6. The van der Waals surface area contributed by atoms with Crippen LogP contribution in [0, 0.1) is 12.1 Å². The Bertz CT molecular complexity index is 1800. The summed E-state index contributed by atoms with van der Waals surface area (Å²) in [6.45, 7) is 18.0. The molecule has 2 heterocycles. The van der Waals surface area contributed by atoms with Crippen LogP contribution < -0.4 is 4.74 Å². The summed E-state index contributed by atoms with van der Waals surface area (Å²) in [5, 5.41) is 9.47. The number of aromatic nitrogens is 4. The monoisotopic (exact) mass is 726 g/mol. The van der Waals surface area contributed by atoms with E-state index in [4.69, 9.17) is 14.9 Å². The van der Waals surface area contributed by atoms with Crippen molar-refractivity contribution in [3.8, 4) is 45.1 Å². The molecular formula is C42H44N4OPd. The van der Waals surface area contributed by atoms with E-state index in [1.54, 1.807) is 0 Å². The number of rotatable bonds is 10. The summed E-state index contributed by atoms with van der Waals surface area (Å²) in [6, 6.07) is 31.8. The summed E-state index contributed by atoms with van der Waals surface area (Å²) < 4.78 is 10.0. The molecule has 6 heteroatoms. The number of ether oxygens (including phenoxy) is 1. The minimum Gasteiger partial charge on any atom is -0.509 e. The Morgan fingerprint density at radius 2 is 0.833 bits per heavy atom. The largest absolute Gasteiger partial charge is 2.00 e. The van der Waals surface area contributed by atoms with E-state index in [0.29, 0.717) is 35.2 Å². The van der Waals surface area contributed by atoms with Crippen molar-refractivity contribution in [3.63, 3.8) is 0 Å². The average Bonchev–Trinajstić information content (AvgIpc) is 3.75. The molecule has 0 bridgehead atoms. The average molecular weight is 727 g/mol. The molecule has 0 amide bonds. The van der Waals surface area contributed by atoms with Crippen LogP contribution in [0.5, 0.6) is 11.5 Å².